The summed E-state index contributed by atoms with van der Waals surface area (Å²) in [7, 11) is 0. The first-order chi connectivity index (χ1) is 6.31. The monoisotopic (exact) mass is 180 g/mol. The van der Waals surface area contributed by atoms with Crippen LogP contribution >= 0.6 is 0 Å². The third-order valence-corrected chi connectivity index (χ3v) is 2.78. The Morgan fingerprint density at radius 1 is 1.31 bits per heavy atom. The van der Waals surface area contributed by atoms with Crippen LogP contribution in [-0.4, -0.2) is 17.9 Å². The number of fused-ring (bicyclic) bond motifs is 1. The number of rotatable bonds is 2. The minimum atomic E-state index is -0.785. The van der Waals surface area contributed by atoms with E-state index in [-0.39, 0.29) is 5.92 Å². The summed E-state index contributed by atoms with van der Waals surface area (Å²) in [5.41, 5.74) is 2.53. The summed E-state index contributed by atoms with van der Waals surface area (Å²) >= 11 is 0. The van der Waals surface area contributed by atoms with Gasteiger partial charge >= 0.3 is 0 Å². The SMILES string of the molecule is OC(CF)C1Cc2ccccc2C1. The van der Waals surface area contributed by atoms with Crippen LogP contribution in [0.4, 0.5) is 4.39 Å². The van der Waals surface area contributed by atoms with Crippen LogP contribution in [0.2, 0.25) is 0 Å². The molecule has 0 heterocycles. The van der Waals surface area contributed by atoms with Gasteiger partial charge in [-0.05, 0) is 29.9 Å². The van der Waals surface area contributed by atoms with Crippen LogP contribution in [0.25, 0.3) is 0 Å². The average Bonchev–Trinajstić information content (AvgIpc) is 2.59. The van der Waals surface area contributed by atoms with Crippen LogP contribution < -0.4 is 0 Å². The molecule has 0 amide bonds. The maximum absolute atomic E-state index is 12.2. The Kier molecular flexibility index (Phi) is 2.32. The van der Waals surface area contributed by atoms with Crippen molar-refractivity contribution in [2.45, 2.75) is 18.9 Å². The van der Waals surface area contributed by atoms with Gasteiger partial charge in [-0.2, -0.15) is 0 Å². The van der Waals surface area contributed by atoms with Crippen molar-refractivity contribution in [3.05, 3.63) is 35.4 Å². The lowest BCUT2D eigenvalue weighted by molar-refractivity contribution is 0.0849. The zero-order valence-electron chi connectivity index (χ0n) is 7.41. The van der Waals surface area contributed by atoms with Gasteiger partial charge in [0.05, 0.1) is 6.10 Å². The molecule has 1 aliphatic rings. The molecule has 1 aromatic rings. The molecular weight excluding hydrogens is 167 g/mol. The molecule has 1 nitrogen and oxygen atoms in total. The maximum atomic E-state index is 12.2. The molecule has 0 fully saturated rings. The fourth-order valence-corrected chi connectivity index (χ4v) is 1.99. The number of aliphatic hydroxyl groups is 1. The minimum absolute atomic E-state index is 0.0856. The number of halogens is 1. The van der Waals surface area contributed by atoms with Gasteiger partial charge in [-0.25, -0.2) is 4.39 Å². The van der Waals surface area contributed by atoms with E-state index in [0.29, 0.717) is 0 Å². The molecule has 0 spiro atoms. The molecule has 1 unspecified atom stereocenters. The van der Waals surface area contributed by atoms with E-state index in [0.717, 1.165) is 12.8 Å². The number of alkyl halides is 1. The predicted molar refractivity (Wildman–Crippen MR) is 49.3 cm³/mol. The van der Waals surface area contributed by atoms with Crippen LogP contribution in [-0.2, 0) is 12.8 Å². The Bertz CT molecular complexity index is 273. The summed E-state index contributed by atoms with van der Waals surface area (Å²) in [5.74, 6) is 0.0856. The van der Waals surface area contributed by atoms with Crippen LogP contribution in [0, 0.1) is 5.92 Å². The lowest BCUT2D eigenvalue weighted by Crippen LogP contribution is -2.22. The normalized spacial score (nSPS) is 18.6. The topological polar surface area (TPSA) is 20.2 Å². The van der Waals surface area contributed by atoms with Crippen LogP contribution in [0.3, 0.4) is 0 Å². The van der Waals surface area contributed by atoms with E-state index in [1.165, 1.54) is 11.1 Å². The van der Waals surface area contributed by atoms with Crippen molar-refractivity contribution in [1.82, 2.24) is 0 Å². The molecule has 2 rings (SSSR count). The first-order valence-corrected chi connectivity index (χ1v) is 4.62. The highest BCUT2D eigenvalue weighted by molar-refractivity contribution is 5.32. The van der Waals surface area contributed by atoms with E-state index in [2.05, 4.69) is 12.1 Å². The summed E-state index contributed by atoms with van der Waals surface area (Å²) in [4.78, 5) is 0. The van der Waals surface area contributed by atoms with E-state index in [1.807, 2.05) is 12.1 Å². The average molecular weight is 180 g/mol. The fraction of sp³-hybridized carbons (Fsp3) is 0.455. The summed E-state index contributed by atoms with van der Waals surface area (Å²) in [6, 6.07) is 8.09. The fourth-order valence-electron chi connectivity index (χ4n) is 1.99. The van der Waals surface area contributed by atoms with E-state index in [4.69, 9.17) is 0 Å². The molecule has 0 radical (unpaired) electrons. The third-order valence-electron chi connectivity index (χ3n) is 2.78. The van der Waals surface area contributed by atoms with Gasteiger partial charge in [0.25, 0.3) is 0 Å². The van der Waals surface area contributed by atoms with Gasteiger partial charge in [0, 0.05) is 0 Å². The van der Waals surface area contributed by atoms with E-state index in [9.17, 15) is 9.50 Å². The number of hydrogen-bond donors (Lipinski definition) is 1. The standard InChI is InChI=1S/C11H13FO/c12-7-11(13)10-5-8-3-1-2-4-9(8)6-10/h1-4,10-11,13H,5-7H2. The van der Waals surface area contributed by atoms with Gasteiger partial charge in [-0.1, -0.05) is 24.3 Å². The largest absolute Gasteiger partial charge is 0.390 e. The Labute approximate surface area is 77.2 Å². The third kappa shape index (κ3) is 1.59. The first kappa shape index (κ1) is 8.70. The van der Waals surface area contributed by atoms with Crippen molar-refractivity contribution >= 4 is 0 Å². The Balaban J connectivity index is 2.14. The first-order valence-electron chi connectivity index (χ1n) is 4.62. The zero-order valence-corrected chi connectivity index (χ0v) is 7.41. The van der Waals surface area contributed by atoms with Gasteiger partial charge in [0.2, 0.25) is 0 Å². The molecule has 1 N–H and O–H groups in total. The van der Waals surface area contributed by atoms with Crippen LogP contribution in [0.1, 0.15) is 11.1 Å². The molecule has 0 saturated carbocycles. The molecule has 13 heavy (non-hydrogen) atoms. The smallest absolute Gasteiger partial charge is 0.116 e. The molecule has 70 valence electrons. The number of benzene rings is 1. The molecule has 0 aromatic heterocycles. The molecular formula is C11H13FO. The lowest BCUT2D eigenvalue weighted by atomic mass is 10.0. The second-order valence-electron chi connectivity index (χ2n) is 3.66. The second kappa shape index (κ2) is 3.46. The summed E-state index contributed by atoms with van der Waals surface area (Å²) in [6.07, 6.45) is 0.857. The van der Waals surface area contributed by atoms with Crippen molar-refractivity contribution in [2.24, 2.45) is 5.92 Å². The molecule has 1 atom stereocenters. The highest BCUT2D eigenvalue weighted by atomic mass is 19.1. The Morgan fingerprint density at radius 2 is 1.85 bits per heavy atom. The highest BCUT2D eigenvalue weighted by Gasteiger charge is 2.26. The van der Waals surface area contributed by atoms with Gasteiger partial charge in [-0.3, -0.25) is 0 Å². The van der Waals surface area contributed by atoms with Crippen molar-refractivity contribution in [3.8, 4) is 0 Å². The predicted octanol–water partition coefficient (Wildman–Crippen LogP) is 1.73. The molecule has 0 aliphatic heterocycles. The molecule has 1 aromatic carbocycles. The lowest BCUT2D eigenvalue weighted by Gasteiger charge is -2.12. The van der Waals surface area contributed by atoms with Gasteiger partial charge in [0.15, 0.2) is 0 Å². The Morgan fingerprint density at radius 3 is 2.31 bits per heavy atom. The van der Waals surface area contributed by atoms with Gasteiger partial charge in [0.1, 0.15) is 6.67 Å². The van der Waals surface area contributed by atoms with Crippen molar-refractivity contribution < 1.29 is 9.50 Å². The van der Waals surface area contributed by atoms with E-state index in [1.54, 1.807) is 0 Å². The quantitative estimate of drug-likeness (QED) is 0.735. The summed E-state index contributed by atoms with van der Waals surface area (Å²) in [5, 5.41) is 9.35. The zero-order chi connectivity index (χ0) is 9.26. The summed E-state index contributed by atoms with van der Waals surface area (Å²) < 4.78 is 12.2. The van der Waals surface area contributed by atoms with Crippen LogP contribution in [0.5, 0.6) is 0 Å². The van der Waals surface area contributed by atoms with Crippen molar-refractivity contribution in [1.29, 1.82) is 0 Å². The maximum Gasteiger partial charge on any atom is 0.116 e. The highest BCUT2D eigenvalue weighted by Crippen LogP contribution is 2.28. The van der Waals surface area contributed by atoms with E-state index < -0.39 is 12.8 Å². The number of hydrogen-bond acceptors (Lipinski definition) is 1. The molecule has 2 heteroatoms. The van der Waals surface area contributed by atoms with Gasteiger partial charge < -0.3 is 5.11 Å². The Hall–Kier alpha value is -0.890. The molecule has 1 aliphatic carbocycles. The molecule has 0 saturated heterocycles. The number of aliphatic hydroxyl groups excluding tert-OH is 1. The van der Waals surface area contributed by atoms with E-state index >= 15 is 0 Å². The molecule has 0 bridgehead atoms. The minimum Gasteiger partial charge on any atom is -0.390 e. The second-order valence-corrected chi connectivity index (χ2v) is 3.66. The van der Waals surface area contributed by atoms with Crippen LogP contribution in [0.15, 0.2) is 24.3 Å². The van der Waals surface area contributed by atoms with Crippen molar-refractivity contribution in [3.63, 3.8) is 0 Å². The van der Waals surface area contributed by atoms with Gasteiger partial charge in [-0.15, -0.1) is 0 Å². The van der Waals surface area contributed by atoms with Crippen molar-refractivity contribution in [2.75, 3.05) is 6.67 Å². The summed E-state index contributed by atoms with van der Waals surface area (Å²) in [6.45, 7) is -0.626.